The number of rotatable bonds is 10. The molecule has 0 unspecified atom stereocenters. The zero-order chi connectivity index (χ0) is 17.4. The second-order valence-corrected chi connectivity index (χ2v) is 5.48. The molecule has 0 aliphatic carbocycles. The Morgan fingerprint density at radius 2 is 2.04 bits per heavy atom. The van der Waals surface area contributed by atoms with Crippen LogP contribution < -0.4 is 20.7 Å². The van der Waals surface area contributed by atoms with Gasteiger partial charge in [0, 0.05) is 32.6 Å². The molecule has 0 aliphatic rings. The molecule has 0 bridgehead atoms. The monoisotopic (exact) mass is 319 g/mol. The lowest BCUT2D eigenvalue weighted by molar-refractivity contribution is 0.231. The molecule has 0 atom stereocenters. The summed E-state index contributed by atoms with van der Waals surface area (Å²) >= 11 is 0. The number of methoxy groups -OCH3 is 1. The molecule has 128 valence electrons. The summed E-state index contributed by atoms with van der Waals surface area (Å²) in [5.41, 5.74) is 9.54. The Kier molecular flexibility index (Phi) is 7.32. The van der Waals surface area contributed by atoms with Crippen LogP contribution in [0.3, 0.4) is 0 Å². The van der Waals surface area contributed by atoms with E-state index in [0.29, 0.717) is 12.3 Å². The lowest BCUT2D eigenvalue weighted by Gasteiger charge is -2.26. The second-order valence-electron chi connectivity index (χ2n) is 5.48. The molecule has 23 heavy (non-hydrogen) atoms. The molecule has 1 aromatic rings. The quantitative estimate of drug-likeness (QED) is 0.392. The molecule has 1 rings (SSSR count). The van der Waals surface area contributed by atoms with Gasteiger partial charge in [-0.2, -0.15) is 0 Å². The maximum atomic E-state index is 6.00. The molecular weight excluding hydrogens is 290 g/mol. The van der Waals surface area contributed by atoms with Crippen LogP contribution in [0.15, 0.2) is 36.6 Å². The average Bonchev–Trinajstić information content (AvgIpc) is 2.53. The van der Waals surface area contributed by atoms with E-state index in [0.717, 1.165) is 48.0 Å². The van der Waals surface area contributed by atoms with Gasteiger partial charge in [-0.15, -0.1) is 0 Å². The van der Waals surface area contributed by atoms with E-state index in [1.807, 2.05) is 26.1 Å². The van der Waals surface area contributed by atoms with Crippen molar-refractivity contribution >= 4 is 17.1 Å². The van der Waals surface area contributed by atoms with Gasteiger partial charge in [-0.05, 0) is 25.5 Å². The summed E-state index contributed by atoms with van der Waals surface area (Å²) in [6.45, 7) is 14.0. The molecule has 0 aromatic heterocycles. The van der Waals surface area contributed by atoms with Crippen LogP contribution in [0.1, 0.15) is 20.3 Å². The fourth-order valence-electron chi connectivity index (χ4n) is 2.22. The highest BCUT2D eigenvalue weighted by atomic mass is 16.5. The van der Waals surface area contributed by atoms with E-state index in [1.165, 1.54) is 0 Å². The molecule has 0 heterocycles. The van der Waals surface area contributed by atoms with Crippen LogP contribution in [0.5, 0.6) is 5.75 Å². The van der Waals surface area contributed by atoms with E-state index < -0.39 is 0 Å². The third-order valence-electron chi connectivity index (χ3n) is 3.53. The smallest absolute Gasteiger partial charge is 0.144 e. The van der Waals surface area contributed by atoms with E-state index in [9.17, 15) is 0 Å². The van der Waals surface area contributed by atoms with Gasteiger partial charge >= 0.3 is 0 Å². The first-order chi connectivity index (χ1) is 10.9. The topological polar surface area (TPSA) is 59.8 Å². The molecule has 3 N–H and O–H groups in total. The molecule has 5 nitrogen and oxygen atoms in total. The van der Waals surface area contributed by atoms with Gasteiger partial charge in [-0.25, -0.2) is 0 Å². The van der Waals surface area contributed by atoms with Crippen molar-refractivity contribution in [3.05, 3.63) is 36.6 Å². The highest BCUT2D eigenvalue weighted by Crippen LogP contribution is 2.35. The van der Waals surface area contributed by atoms with Gasteiger partial charge in [0.2, 0.25) is 0 Å². The van der Waals surface area contributed by atoms with Gasteiger partial charge in [-0.1, -0.05) is 13.2 Å². The minimum Gasteiger partial charge on any atom is -0.495 e. The Morgan fingerprint density at radius 3 is 2.57 bits per heavy atom. The zero-order valence-electron chi connectivity index (χ0n) is 14.7. The van der Waals surface area contributed by atoms with E-state index >= 15 is 0 Å². The van der Waals surface area contributed by atoms with Gasteiger partial charge in [0.05, 0.1) is 29.9 Å². The molecule has 1 aromatic carbocycles. The van der Waals surface area contributed by atoms with Crippen molar-refractivity contribution < 1.29 is 9.47 Å². The first-order valence-corrected chi connectivity index (χ1v) is 7.78. The molecular formula is C18H29N3O2. The third kappa shape index (κ3) is 5.43. The fraction of sp³-hybridized carbons (Fsp3) is 0.444. The molecule has 0 fully saturated rings. The lowest BCUT2D eigenvalue weighted by Crippen LogP contribution is -2.25. The van der Waals surface area contributed by atoms with Crippen LogP contribution in [0.2, 0.25) is 0 Å². The summed E-state index contributed by atoms with van der Waals surface area (Å²) in [5.74, 6) is 1.52. The number of nitrogens with two attached hydrogens (primary N) is 1. The standard InChI is InChI=1S/C18H29N3O2/c1-7-21(9-8-14(4)23-12-13(2)3)17-11-16(20-5)15(19)10-18(17)22-6/h10-11,20H,2,4,7-9,12,19H2,1,3,5-6H3. The van der Waals surface area contributed by atoms with Gasteiger partial charge in [0.1, 0.15) is 12.4 Å². The van der Waals surface area contributed by atoms with Crippen LogP contribution in [0.4, 0.5) is 17.1 Å². The van der Waals surface area contributed by atoms with Gasteiger partial charge < -0.3 is 25.4 Å². The second kappa shape index (κ2) is 8.98. The van der Waals surface area contributed by atoms with E-state index in [4.69, 9.17) is 15.2 Å². The Hall–Kier alpha value is -2.30. The summed E-state index contributed by atoms with van der Waals surface area (Å²) < 4.78 is 11.1. The number of nitrogens with one attached hydrogen (secondary N) is 1. The minimum atomic E-state index is 0.514. The van der Waals surface area contributed by atoms with Crippen LogP contribution in [-0.4, -0.2) is 33.9 Å². The normalized spacial score (nSPS) is 10.1. The fourth-order valence-corrected chi connectivity index (χ4v) is 2.22. The van der Waals surface area contributed by atoms with Crippen molar-refractivity contribution in [3.8, 4) is 5.75 Å². The molecule has 0 saturated heterocycles. The number of nitrogens with zero attached hydrogens (tertiary/aromatic N) is 1. The van der Waals surface area contributed by atoms with Crippen molar-refractivity contribution in [1.82, 2.24) is 0 Å². The van der Waals surface area contributed by atoms with E-state index in [2.05, 4.69) is 30.3 Å². The third-order valence-corrected chi connectivity index (χ3v) is 3.53. The maximum absolute atomic E-state index is 6.00. The Balaban J connectivity index is 2.84. The number of ether oxygens (including phenoxy) is 2. The molecule has 0 spiro atoms. The van der Waals surface area contributed by atoms with Crippen molar-refractivity contribution in [2.45, 2.75) is 20.3 Å². The maximum Gasteiger partial charge on any atom is 0.144 e. The van der Waals surface area contributed by atoms with E-state index in [1.54, 1.807) is 7.11 Å². The summed E-state index contributed by atoms with van der Waals surface area (Å²) in [6.07, 6.45) is 0.740. The molecule has 0 amide bonds. The van der Waals surface area contributed by atoms with Crippen molar-refractivity contribution in [2.24, 2.45) is 0 Å². The summed E-state index contributed by atoms with van der Waals surface area (Å²) in [4.78, 5) is 2.22. The summed E-state index contributed by atoms with van der Waals surface area (Å²) in [5, 5.41) is 3.10. The van der Waals surface area contributed by atoms with Crippen molar-refractivity contribution in [1.29, 1.82) is 0 Å². The Bertz CT molecular complexity index is 555. The van der Waals surface area contributed by atoms with Crippen LogP contribution >= 0.6 is 0 Å². The SMILES string of the molecule is C=C(C)COC(=C)CCN(CC)c1cc(NC)c(N)cc1OC. The molecule has 0 aliphatic heterocycles. The lowest BCUT2D eigenvalue weighted by atomic mass is 10.2. The minimum absolute atomic E-state index is 0.514. The largest absolute Gasteiger partial charge is 0.495 e. The highest BCUT2D eigenvalue weighted by Gasteiger charge is 2.14. The van der Waals surface area contributed by atoms with Crippen LogP contribution in [0.25, 0.3) is 0 Å². The average molecular weight is 319 g/mol. The Labute approximate surface area is 139 Å². The number of hydrogen-bond donors (Lipinski definition) is 2. The first kappa shape index (κ1) is 18.7. The van der Waals surface area contributed by atoms with Crippen LogP contribution in [0, 0.1) is 0 Å². The highest BCUT2D eigenvalue weighted by molar-refractivity contribution is 5.77. The molecule has 0 radical (unpaired) electrons. The van der Waals surface area contributed by atoms with Gasteiger partial charge in [0.15, 0.2) is 0 Å². The van der Waals surface area contributed by atoms with Crippen LogP contribution in [-0.2, 0) is 4.74 Å². The number of nitrogen functional groups attached to an aromatic ring is 1. The van der Waals surface area contributed by atoms with E-state index in [-0.39, 0.29) is 0 Å². The number of anilines is 3. The van der Waals surface area contributed by atoms with Gasteiger partial charge in [0.25, 0.3) is 0 Å². The predicted molar refractivity (Wildman–Crippen MR) is 99.4 cm³/mol. The summed E-state index contributed by atoms with van der Waals surface area (Å²) in [7, 11) is 3.51. The first-order valence-electron chi connectivity index (χ1n) is 7.78. The molecule has 5 heteroatoms. The Morgan fingerprint density at radius 1 is 1.35 bits per heavy atom. The number of hydrogen-bond acceptors (Lipinski definition) is 5. The number of benzene rings is 1. The van der Waals surface area contributed by atoms with Crippen molar-refractivity contribution in [2.75, 3.05) is 49.8 Å². The van der Waals surface area contributed by atoms with Gasteiger partial charge in [-0.3, -0.25) is 0 Å². The van der Waals surface area contributed by atoms with Crippen molar-refractivity contribution in [3.63, 3.8) is 0 Å². The zero-order valence-corrected chi connectivity index (χ0v) is 14.7. The summed E-state index contributed by atoms with van der Waals surface area (Å²) in [6, 6.07) is 3.85. The molecule has 0 saturated carbocycles. The predicted octanol–water partition coefficient (Wildman–Crippen LogP) is 3.64.